The Morgan fingerprint density at radius 1 is 1.13 bits per heavy atom. The molecule has 1 atom stereocenters. The Balaban J connectivity index is 1.08. The van der Waals surface area contributed by atoms with Crippen LogP contribution in [0.1, 0.15) is 36.0 Å². The van der Waals surface area contributed by atoms with Gasteiger partial charge in [-0.25, -0.2) is 0 Å². The molecule has 5 rings (SSSR count). The predicted octanol–water partition coefficient (Wildman–Crippen LogP) is 3.01. The summed E-state index contributed by atoms with van der Waals surface area (Å²) in [4.78, 5) is 31.3. The smallest absolute Gasteiger partial charge is 0.247 e. The largest absolute Gasteiger partial charge is 0.352 e. The number of carbonyl (C=O) groups is 2. The van der Waals surface area contributed by atoms with Crippen molar-refractivity contribution in [1.29, 1.82) is 0 Å². The quantitative estimate of drug-likeness (QED) is 0.838. The van der Waals surface area contributed by atoms with Crippen LogP contribution >= 0.6 is 0 Å². The van der Waals surface area contributed by atoms with E-state index in [9.17, 15) is 9.59 Å². The van der Waals surface area contributed by atoms with Crippen molar-refractivity contribution < 1.29 is 9.59 Å². The minimum absolute atomic E-state index is 0.0451. The molecule has 30 heavy (non-hydrogen) atoms. The number of amides is 2. The van der Waals surface area contributed by atoms with E-state index in [-0.39, 0.29) is 11.8 Å². The molecule has 1 saturated carbocycles. The first kappa shape index (κ1) is 19.0. The molecule has 2 amide bonds. The summed E-state index contributed by atoms with van der Waals surface area (Å²) in [6.07, 6.45) is 9.99. The standard InChI is InChI=1S/C25H27N3O2/c29-23(12-18-4-2-1-3-5-18)28-10-7-25(8-11-28)15-22(25)17-27-24(30)20-13-19-6-9-26-16-21(19)14-20/h1-6,9,14,16,22H,7-8,10-13,15,17H2,(H,27,30). The maximum atomic E-state index is 12.6. The molecule has 1 aromatic heterocycles. The lowest BCUT2D eigenvalue weighted by atomic mass is 9.90. The van der Waals surface area contributed by atoms with Crippen molar-refractivity contribution in [3.8, 4) is 0 Å². The minimum Gasteiger partial charge on any atom is -0.352 e. The summed E-state index contributed by atoms with van der Waals surface area (Å²) in [6.45, 7) is 2.41. The van der Waals surface area contributed by atoms with Gasteiger partial charge in [-0.3, -0.25) is 14.6 Å². The zero-order valence-corrected chi connectivity index (χ0v) is 17.1. The monoisotopic (exact) mass is 401 g/mol. The molecular formula is C25H27N3O2. The van der Waals surface area contributed by atoms with E-state index in [4.69, 9.17) is 0 Å². The number of likely N-dealkylation sites (tertiary alicyclic amines) is 1. The van der Waals surface area contributed by atoms with Crippen molar-refractivity contribution in [3.63, 3.8) is 0 Å². The lowest BCUT2D eigenvalue weighted by Crippen LogP contribution is -2.41. The van der Waals surface area contributed by atoms with Gasteiger partial charge in [-0.2, -0.15) is 0 Å². The van der Waals surface area contributed by atoms with Crippen LogP contribution in [0.3, 0.4) is 0 Å². The van der Waals surface area contributed by atoms with Gasteiger partial charge in [-0.15, -0.1) is 0 Å². The van der Waals surface area contributed by atoms with E-state index in [0.29, 0.717) is 24.2 Å². The number of rotatable bonds is 5. The van der Waals surface area contributed by atoms with Crippen LogP contribution in [-0.4, -0.2) is 41.3 Å². The number of benzene rings is 1. The van der Waals surface area contributed by atoms with Gasteiger partial charge in [0.05, 0.1) is 6.42 Å². The number of nitrogens with zero attached hydrogens (tertiary/aromatic N) is 2. The van der Waals surface area contributed by atoms with Gasteiger partial charge in [0.2, 0.25) is 11.8 Å². The molecule has 5 nitrogen and oxygen atoms in total. The fourth-order valence-electron chi connectivity index (χ4n) is 5.06. The molecular weight excluding hydrogens is 374 g/mol. The number of hydrogen-bond donors (Lipinski definition) is 1. The van der Waals surface area contributed by atoms with Crippen LogP contribution < -0.4 is 5.32 Å². The van der Waals surface area contributed by atoms with Gasteiger partial charge in [0.15, 0.2) is 0 Å². The summed E-state index contributed by atoms with van der Waals surface area (Å²) in [5.41, 5.74) is 4.46. The summed E-state index contributed by atoms with van der Waals surface area (Å²) in [6, 6.07) is 11.9. The third kappa shape index (κ3) is 3.76. The SMILES string of the molecule is O=C(NCC1CC12CCN(C(=O)Cc1ccccc1)CC2)C1=Cc2cnccc2C1. The van der Waals surface area contributed by atoms with Crippen LogP contribution in [0, 0.1) is 11.3 Å². The van der Waals surface area contributed by atoms with Crippen molar-refractivity contribution in [1.82, 2.24) is 15.2 Å². The van der Waals surface area contributed by atoms with Crippen LogP contribution in [0.25, 0.3) is 6.08 Å². The van der Waals surface area contributed by atoms with Crippen molar-refractivity contribution in [2.24, 2.45) is 11.3 Å². The Hall–Kier alpha value is -2.95. The Labute approximate surface area is 177 Å². The van der Waals surface area contributed by atoms with Crippen molar-refractivity contribution >= 4 is 17.9 Å². The maximum absolute atomic E-state index is 12.6. The molecule has 3 aliphatic rings. The first-order valence-corrected chi connectivity index (χ1v) is 10.9. The fraction of sp³-hybridized carbons (Fsp3) is 0.400. The summed E-state index contributed by atoms with van der Waals surface area (Å²) in [7, 11) is 0. The molecule has 0 bridgehead atoms. The molecule has 0 radical (unpaired) electrons. The number of piperidine rings is 1. The van der Waals surface area contributed by atoms with E-state index in [1.54, 1.807) is 6.20 Å². The molecule has 2 aliphatic carbocycles. The predicted molar refractivity (Wildman–Crippen MR) is 115 cm³/mol. The Bertz CT molecular complexity index is 990. The molecule has 1 N–H and O–H groups in total. The highest BCUT2D eigenvalue weighted by Crippen LogP contribution is 2.59. The average molecular weight is 402 g/mol. The first-order chi connectivity index (χ1) is 14.6. The van der Waals surface area contributed by atoms with Crippen molar-refractivity contribution in [2.75, 3.05) is 19.6 Å². The summed E-state index contributed by atoms with van der Waals surface area (Å²) in [5.74, 6) is 0.811. The van der Waals surface area contributed by atoms with Gasteiger partial charge >= 0.3 is 0 Å². The fourth-order valence-corrected chi connectivity index (χ4v) is 5.06. The molecule has 2 aromatic rings. The summed E-state index contributed by atoms with van der Waals surface area (Å²) >= 11 is 0. The zero-order valence-electron chi connectivity index (χ0n) is 17.1. The van der Waals surface area contributed by atoms with Crippen LogP contribution in [0.15, 0.2) is 54.4 Å². The van der Waals surface area contributed by atoms with Crippen LogP contribution in [-0.2, 0) is 22.4 Å². The molecule has 2 heterocycles. The number of carbonyl (C=O) groups excluding carboxylic acids is 2. The van der Waals surface area contributed by atoms with Gasteiger partial charge in [0, 0.05) is 44.0 Å². The van der Waals surface area contributed by atoms with E-state index < -0.39 is 0 Å². The topological polar surface area (TPSA) is 62.3 Å². The number of pyridine rings is 1. The number of fused-ring (bicyclic) bond motifs is 1. The van der Waals surface area contributed by atoms with Crippen LogP contribution in [0.5, 0.6) is 0 Å². The molecule has 1 aromatic carbocycles. The van der Waals surface area contributed by atoms with Crippen molar-refractivity contribution in [2.45, 2.75) is 32.1 Å². The van der Waals surface area contributed by atoms with Crippen LogP contribution in [0.2, 0.25) is 0 Å². The second kappa shape index (κ2) is 7.71. The van der Waals surface area contributed by atoms with Gasteiger partial charge in [-0.1, -0.05) is 30.3 Å². The molecule has 2 fully saturated rings. The summed E-state index contributed by atoms with van der Waals surface area (Å²) in [5, 5.41) is 3.15. The second-order valence-electron chi connectivity index (χ2n) is 8.94. The third-order valence-electron chi connectivity index (χ3n) is 7.13. The highest BCUT2D eigenvalue weighted by atomic mass is 16.2. The highest BCUT2D eigenvalue weighted by Gasteiger charge is 2.54. The van der Waals surface area contributed by atoms with E-state index in [0.717, 1.165) is 55.6 Å². The Morgan fingerprint density at radius 3 is 2.70 bits per heavy atom. The third-order valence-corrected chi connectivity index (χ3v) is 7.13. The van der Waals surface area contributed by atoms with Gasteiger partial charge in [0.25, 0.3) is 0 Å². The minimum atomic E-state index is 0.0451. The Kier molecular flexibility index (Phi) is 4.89. The molecule has 1 unspecified atom stereocenters. The van der Waals surface area contributed by atoms with Gasteiger partial charge in [-0.05, 0) is 59.4 Å². The van der Waals surface area contributed by atoms with E-state index in [1.165, 1.54) is 5.56 Å². The zero-order chi connectivity index (χ0) is 20.6. The van der Waals surface area contributed by atoms with Gasteiger partial charge < -0.3 is 10.2 Å². The lowest BCUT2D eigenvalue weighted by molar-refractivity contribution is -0.132. The maximum Gasteiger partial charge on any atom is 0.247 e. The van der Waals surface area contributed by atoms with Crippen LogP contribution in [0.4, 0.5) is 0 Å². The summed E-state index contributed by atoms with van der Waals surface area (Å²) < 4.78 is 0. The normalized spacial score (nSPS) is 21.1. The number of hydrogen-bond acceptors (Lipinski definition) is 3. The van der Waals surface area contributed by atoms with E-state index >= 15 is 0 Å². The second-order valence-corrected chi connectivity index (χ2v) is 8.94. The first-order valence-electron chi connectivity index (χ1n) is 10.9. The molecule has 5 heteroatoms. The van der Waals surface area contributed by atoms with E-state index in [2.05, 4.69) is 10.3 Å². The average Bonchev–Trinajstić information content (AvgIpc) is 3.25. The lowest BCUT2D eigenvalue weighted by Gasteiger charge is -2.33. The van der Waals surface area contributed by atoms with Gasteiger partial charge in [0.1, 0.15) is 0 Å². The molecule has 1 aliphatic heterocycles. The molecule has 1 spiro atoms. The highest BCUT2D eigenvalue weighted by molar-refractivity contribution is 6.00. The van der Waals surface area contributed by atoms with Crippen molar-refractivity contribution in [3.05, 3.63) is 71.1 Å². The number of aromatic nitrogens is 1. The Morgan fingerprint density at radius 2 is 1.93 bits per heavy atom. The molecule has 154 valence electrons. The van der Waals surface area contributed by atoms with E-state index in [1.807, 2.05) is 53.6 Å². The molecule has 1 saturated heterocycles. The number of nitrogens with one attached hydrogen (secondary N) is 1.